The molecule has 4 N–H and O–H groups in total. The van der Waals surface area contributed by atoms with E-state index in [9.17, 15) is 24.3 Å². The van der Waals surface area contributed by atoms with Gasteiger partial charge in [0.2, 0.25) is 0 Å². The number of rotatable bonds is 7. The predicted molar refractivity (Wildman–Crippen MR) is 78.7 cm³/mol. The molecule has 1 atom stereocenters. The first-order valence-corrected chi connectivity index (χ1v) is 8.28. The lowest BCUT2D eigenvalue weighted by Crippen LogP contribution is -2.52. The van der Waals surface area contributed by atoms with E-state index in [1.807, 2.05) is 5.32 Å². The summed E-state index contributed by atoms with van der Waals surface area (Å²) >= 11 is 11.4. The Hall–Kier alpha value is -0.860. The molecular formula is C11H14Cl2NO7P. The molecule has 0 amide bonds. The van der Waals surface area contributed by atoms with Gasteiger partial charge in [0.05, 0.1) is 16.7 Å². The number of halogens is 2. The highest BCUT2D eigenvalue weighted by atomic mass is 35.5. The van der Waals surface area contributed by atoms with Gasteiger partial charge >= 0.3 is 19.2 Å². The van der Waals surface area contributed by atoms with Crippen LogP contribution in [-0.2, 0) is 14.1 Å². The Morgan fingerprint density at radius 2 is 2.00 bits per heavy atom. The number of carbonyl (C=O) groups excluding carboxylic acids is 1. The van der Waals surface area contributed by atoms with Gasteiger partial charge in [0.1, 0.15) is 12.3 Å². The molecule has 0 heterocycles. The van der Waals surface area contributed by atoms with Crippen molar-refractivity contribution in [2.45, 2.75) is 12.6 Å². The van der Waals surface area contributed by atoms with Gasteiger partial charge in [-0.3, -0.25) is 9.36 Å². The van der Waals surface area contributed by atoms with Crippen molar-refractivity contribution in [2.75, 3.05) is 13.2 Å². The molecule has 1 rings (SSSR count). The molecule has 8 nitrogen and oxygen atoms in total. The van der Waals surface area contributed by atoms with Gasteiger partial charge in [0, 0.05) is 6.07 Å². The van der Waals surface area contributed by atoms with Crippen LogP contribution in [0.15, 0.2) is 18.2 Å². The Kier molecular flexibility index (Phi) is 6.64. The van der Waals surface area contributed by atoms with Gasteiger partial charge in [-0.15, -0.1) is 0 Å². The number of aliphatic hydroxyl groups is 1. The smallest absolute Gasteiger partial charge is 0.414 e. The molecule has 0 saturated heterocycles. The summed E-state index contributed by atoms with van der Waals surface area (Å²) in [6.07, 6.45) is 0. The Balaban J connectivity index is 2.94. The molecule has 0 fully saturated rings. The molecule has 22 heavy (non-hydrogen) atoms. The summed E-state index contributed by atoms with van der Waals surface area (Å²) in [6.45, 7) is 0.943. The summed E-state index contributed by atoms with van der Waals surface area (Å²) in [4.78, 5) is 29.7. The second kappa shape index (κ2) is 7.61. The third-order valence-electron chi connectivity index (χ3n) is 2.31. The zero-order chi connectivity index (χ0) is 17.0. The minimum absolute atomic E-state index is 0.0534. The lowest BCUT2D eigenvalue weighted by molar-refractivity contribution is -0.148. The number of hydrogen-bond donors (Lipinski definition) is 4. The number of esters is 1. The molecule has 124 valence electrons. The molecule has 1 aromatic carbocycles. The molecule has 1 aromatic rings. The number of nitrogens with one attached hydrogen (secondary N) is 1. The number of ether oxygens (including phenoxy) is 2. The van der Waals surface area contributed by atoms with E-state index < -0.39 is 25.8 Å². The van der Waals surface area contributed by atoms with E-state index in [1.165, 1.54) is 12.1 Å². The molecule has 0 aliphatic heterocycles. The van der Waals surface area contributed by atoms with E-state index >= 15 is 0 Å². The molecule has 0 aromatic heterocycles. The van der Waals surface area contributed by atoms with E-state index in [-0.39, 0.29) is 22.4 Å². The molecule has 0 aliphatic carbocycles. The van der Waals surface area contributed by atoms with Crippen molar-refractivity contribution in [3.63, 3.8) is 0 Å². The normalized spacial score (nSPS) is 14.3. The summed E-state index contributed by atoms with van der Waals surface area (Å²) in [5.41, 5.74) is -3.13. The maximum absolute atomic E-state index is 11.4. The van der Waals surface area contributed by atoms with Crippen LogP contribution < -0.4 is 10.1 Å². The van der Waals surface area contributed by atoms with Crippen LogP contribution >= 0.6 is 30.8 Å². The van der Waals surface area contributed by atoms with Crippen molar-refractivity contribution in [1.82, 2.24) is 5.32 Å². The van der Waals surface area contributed by atoms with Crippen LogP contribution in [0.3, 0.4) is 0 Å². The van der Waals surface area contributed by atoms with Gasteiger partial charge in [-0.2, -0.15) is 0 Å². The van der Waals surface area contributed by atoms with Crippen molar-refractivity contribution in [1.29, 1.82) is 0 Å². The van der Waals surface area contributed by atoms with Gasteiger partial charge in [0.15, 0.2) is 0 Å². The lowest BCUT2D eigenvalue weighted by Gasteiger charge is -2.29. The molecular weight excluding hydrogens is 360 g/mol. The monoisotopic (exact) mass is 373 g/mol. The molecule has 1 unspecified atom stereocenters. The first-order valence-electron chi connectivity index (χ1n) is 5.92. The van der Waals surface area contributed by atoms with Gasteiger partial charge in [0.25, 0.3) is 0 Å². The molecule has 0 aliphatic rings. The van der Waals surface area contributed by atoms with E-state index in [4.69, 9.17) is 27.9 Å². The molecule has 0 radical (unpaired) electrons. The van der Waals surface area contributed by atoms with Crippen LogP contribution in [-0.4, -0.2) is 39.7 Å². The maximum atomic E-state index is 11.4. The summed E-state index contributed by atoms with van der Waals surface area (Å²) in [5, 5.41) is 12.2. The van der Waals surface area contributed by atoms with Crippen molar-refractivity contribution >= 4 is 36.8 Å². The summed E-state index contributed by atoms with van der Waals surface area (Å²) < 4.78 is 20.9. The summed E-state index contributed by atoms with van der Waals surface area (Å²) in [5.74, 6) is -0.997. The largest absolute Gasteiger partial charge is 0.465 e. The standard InChI is InChI=1S/C11H14Cl2NO7P/c1-2-20-10(15)6-14-11(16,22(17,18)19)21-7-3-4-8(12)9(13)5-7/h3-5,14,16H,2,6H2,1H3,(H2,17,18,19). The van der Waals surface area contributed by atoms with Crippen molar-refractivity contribution in [3.8, 4) is 5.75 Å². The average Bonchev–Trinajstić information content (AvgIpc) is 2.40. The lowest BCUT2D eigenvalue weighted by atomic mass is 10.3. The van der Waals surface area contributed by atoms with Crippen LogP contribution in [0.5, 0.6) is 5.75 Å². The van der Waals surface area contributed by atoms with Crippen molar-refractivity contribution < 1.29 is 33.7 Å². The topological polar surface area (TPSA) is 125 Å². The third kappa shape index (κ3) is 5.10. The van der Waals surface area contributed by atoms with Crippen LogP contribution in [0.4, 0.5) is 0 Å². The first-order chi connectivity index (χ1) is 10.1. The van der Waals surface area contributed by atoms with Gasteiger partial charge < -0.3 is 24.4 Å². The van der Waals surface area contributed by atoms with E-state index in [2.05, 4.69) is 4.74 Å². The Morgan fingerprint density at radius 1 is 1.36 bits per heavy atom. The fraction of sp³-hybridized carbons (Fsp3) is 0.364. The third-order valence-corrected chi connectivity index (χ3v) is 4.09. The van der Waals surface area contributed by atoms with Crippen LogP contribution in [0.25, 0.3) is 0 Å². The van der Waals surface area contributed by atoms with Gasteiger partial charge in [-0.05, 0) is 19.1 Å². The second-order valence-corrected chi connectivity index (χ2v) is 6.50. The van der Waals surface area contributed by atoms with E-state index in [0.29, 0.717) is 0 Å². The fourth-order valence-electron chi connectivity index (χ4n) is 1.30. The number of carbonyl (C=O) groups is 1. The number of benzene rings is 1. The highest BCUT2D eigenvalue weighted by molar-refractivity contribution is 7.53. The van der Waals surface area contributed by atoms with Crippen molar-refractivity contribution in [3.05, 3.63) is 28.2 Å². The highest BCUT2D eigenvalue weighted by Crippen LogP contribution is 2.48. The molecule has 0 saturated carbocycles. The highest BCUT2D eigenvalue weighted by Gasteiger charge is 2.49. The van der Waals surface area contributed by atoms with Gasteiger partial charge in [-0.1, -0.05) is 23.2 Å². The zero-order valence-electron chi connectivity index (χ0n) is 11.3. The molecule has 0 spiro atoms. The van der Waals surface area contributed by atoms with E-state index in [0.717, 1.165) is 6.07 Å². The first kappa shape index (κ1) is 19.2. The second-order valence-electron chi connectivity index (χ2n) is 3.99. The fourth-order valence-corrected chi connectivity index (χ4v) is 2.10. The predicted octanol–water partition coefficient (Wildman–Crippen LogP) is 1.31. The Bertz CT molecular complexity index is 594. The van der Waals surface area contributed by atoms with Crippen LogP contribution in [0.2, 0.25) is 10.0 Å². The average molecular weight is 374 g/mol. The minimum Gasteiger partial charge on any atom is -0.465 e. The quantitative estimate of drug-likeness (QED) is 0.320. The SMILES string of the molecule is CCOC(=O)CNC(O)(Oc1ccc(Cl)c(Cl)c1)P(=O)(O)O. The van der Waals surface area contributed by atoms with Crippen molar-refractivity contribution in [2.24, 2.45) is 0 Å². The number of hydrogen-bond acceptors (Lipinski definition) is 6. The maximum Gasteiger partial charge on any atom is 0.414 e. The zero-order valence-corrected chi connectivity index (χ0v) is 13.7. The van der Waals surface area contributed by atoms with Gasteiger partial charge in [-0.25, -0.2) is 5.32 Å². The van der Waals surface area contributed by atoms with E-state index in [1.54, 1.807) is 6.92 Å². The van der Waals surface area contributed by atoms with Crippen LogP contribution in [0.1, 0.15) is 6.92 Å². The Labute approximate surface area is 136 Å². The Morgan fingerprint density at radius 3 is 2.50 bits per heavy atom. The van der Waals surface area contributed by atoms with Crippen LogP contribution in [0, 0.1) is 0 Å². The molecule has 11 heteroatoms. The minimum atomic E-state index is -5.22. The summed E-state index contributed by atoms with van der Waals surface area (Å²) in [7, 11) is -5.22. The summed E-state index contributed by atoms with van der Waals surface area (Å²) in [6, 6.07) is 3.70. The molecule has 0 bridgehead atoms.